The third-order valence-electron chi connectivity index (χ3n) is 4.54. The van der Waals surface area contributed by atoms with Crippen molar-refractivity contribution in [2.24, 2.45) is 0 Å². The number of carbonyl (C=O) groups is 1. The van der Waals surface area contributed by atoms with Crippen molar-refractivity contribution in [2.75, 3.05) is 6.61 Å². The van der Waals surface area contributed by atoms with E-state index in [1.165, 1.54) is 5.56 Å². The van der Waals surface area contributed by atoms with Crippen LogP contribution in [0.25, 0.3) is 0 Å². The van der Waals surface area contributed by atoms with Gasteiger partial charge in [-0.05, 0) is 40.8 Å². The maximum Gasteiger partial charge on any atom is 0.258 e. The average Bonchev–Trinajstić information content (AvgIpc) is 2.77. The fraction of sp³-hybridized carbons (Fsp3) is 0.240. The summed E-state index contributed by atoms with van der Waals surface area (Å²) in [5, 5.41) is 2.90. The first-order chi connectivity index (χ1) is 14.2. The molecule has 1 amide bonds. The molecule has 1 N–H and O–H groups in total. The van der Waals surface area contributed by atoms with E-state index < -0.39 is 0 Å². The van der Waals surface area contributed by atoms with Crippen LogP contribution >= 0.6 is 0 Å². The van der Waals surface area contributed by atoms with Crippen molar-refractivity contribution in [3.8, 4) is 5.75 Å². The lowest BCUT2D eigenvalue weighted by molar-refractivity contribution is -0.123. The van der Waals surface area contributed by atoms with Gasteiger partial charge in [0.05, 0.1) is 13.2 Å². The van der Waals surface area contributed by atoms with Crippen molar-refractivity contribution < 1.29 is 14.3 Å². The predicted octanol–water partition coefficient (Wildman–Crippen LogP) is 4.66. The highest BCUT2D eigenvalue weighted by Crippen LogP contribution is 2.13. The minimum atomic E-state index is -0.141. The van der Waals surface area contributed by atoms with Gasteiger partial charge in [-0.2, -0.15) is 0 Å². The van der Waals surface area contributed by atoms with Crippen molar-refractivity contribution in [2.45, 2.75) is 33.1 Å². The van der Waals surface area contributed by atoms with Gasteiger partial charge in [-0.15, -0.1) is 0 Å². The molecule has 0 spiro atoms. The summed E-state index contributed by atoms with van der Waals surface area (Å²) in [6, 6.07) is 26.0. The number of hydrogen-bond acceptors (Lipinski definition) is 3. The highest BCUT2D eigenvalue weighted by atomic mass is 16.5. The Morgan fingerprint density at radius 3 is 2.31 bits per heavy atom. The van der Waals surface area contributed by atoms with Crippen molar-refractivity contribution in [3.63, 3.8) is 0 Å². The van der Waals surface area contributed by atoms with E-state index in [4.69, 9.17) is 9.47 Å². The second-order valence-electron chi connectivity index (χ2n) is 6.86. The van der Waals surface area contributed by atoms with Crippen LogP contribution in [0.3, 0.4) is 0 Å². The van der Waals surface area contributed by atoms with E-state index in [1.54, 1.807) is 0 Å². The quantitative estimate of drug-likeness (QED) is 0.549. The maximum absolute atomic E-state index is 12.1. The van der Waals surface area contributed by atoms with Gasteiger partial charge in [0.25, 0.3) is 5.91 Å². The molecule has 0 radical (unpaired) electrons. The molecule has 0 unspecified atom stereocenters. The van der Waals surface area contributed by atoms with Crippen LogP contribution in [0.1, 0.15) is 29.2 Å². The molecule has 3 rings (SSSR count). The molecule has 0 bridgehead atoms. The summed E-state index contributed by atoms with van der Waals surface area (Å²) < 4.78 is 11.4. The van der Waals surface area contributed by atoms with Crippen LogP contribution in [0.5, 0.6) is 5.75 Å². The second kappa shape index (κ2) is 11.0. The average molecular weight is 389 g/mol. The molecule has 0 fully saturated rings. The van der Waals surface area contributed by atoms with E-state index in [2.05, 4.69) is 18.3 Å². The Kier molecular flexibility index (Phi) is 7.84. The van der Waals surface area contributed by atoms with Crippen LogP contribution in [0.2, 0.25) is 0 Å². The Labute approximate surface area is 172 Å². The van der Waals surface area contributed by atoms with E-state index in [1.807, 2.05) is 72.8 Å². The number of rotatable bonds is 10. The van der Waals surface area contributed by atoms with Crippen LogP contribution in [-0.2, 0) is 35.7 Å². The van der Waals surface area contributed by atoms with Crippen LogP contribution in [-0.4, -0.2) is 12.5 Å². The van der Waals surface area contributed by atoms with Crippen LogP contribution in [0.15, 0.2) is 78.9 Å². The first kappa shape index (κ1) is 20.6. The summed E-state index contributed by atoms with van der Waals surface area (Å²) >= 11 is 0. The third kappa shape index (κ3) is 7.09. The van der Waals surface area contributed by atoms with E-state index in [0.29, 0.717) is 19.8 Å². The molecule has 0 heterocycles. The Morgan fingerprint density at radius 1 is 0.793 bits per heavy atom. The highest BCUT2D eigenvalue weighted by Gasteiger charge is 2.04. The van der Waals surface area contributed by atoms with Gasteiger partial charge in [-0.3, -0.25) is 4.79 Å². The highest BCUT2D eigenvalue weighted by molar-refractivity contribution is 5.77. The molecule has 0 aliphatic carbocycles. The van der Waals surface area contributed by atoms with Gasteiger partial charge >= 0.3 is 0 Å². The normalized spacial score (nSPS) is 10.5. The molecule has 150 valence electrons. The van der Waals surface area contributed by atoms with Gasteiger partial charge in [0.2, 0.25) is 0 Å². The van der Waals surface area contributed by atoms with E-state index in [-0.39, 0.29) is 12.5 Å². The zero-order chi connectivity index (χ0) is 20.3. The number of aryl methyl sites for hydroxylation is 1. The lowest BCUT2D eigenvalue weighted by Gasteiger charge is -2.10. The largest absolute Gasteiger partial charge is 0.484 e. The molecule has 0 saturated carbocycles. The van der Waals surface area contributed by atoms with Crippen molar-refractivity contribution in [3.05, 3.63) is 101 Å². The first-order valence-electron chi connectivity index (χ1n) is 9.91. The maximum atomic E-state index is 12.1. The fourth-order valence-corrected chi connectivity index (χ4v) is 2.95. The molecule has 4 heteroatoms. The third-order valence-corrected chi connectivity index (χ3v) is 4.54. The smallest absolute Gasteiger partial charge is 0.258 e. The molecule has 4 nitrogen and oxygen atoms in total. The van der Waals surface area contributed by atoms with E-state index in [9.17, 15) is 4.79 Å². The lowest BCUT2D eigenvalue weighted by atomic mass is 10.1. The predicted molar refractivity (Wildman–Crippen MR) is 115 cm³/mol. The molecule has 3 aromatic rings. The monoisotopic (exact) mass is 389 g/mol. The van der Waals surface area contributed by atoms with E-state index in [0.717, 1.165) is 28.9 Å². The molecule has 0 aromatic heterocycles. The molecule has 3 aromatic carbocycles. The molecule has 0 aliphatic heterocycles. The summed E-state index contributed by atoms with van der Waals surface area (Å²) in [6.45, 7) is 3.68. The van der Waals surface area contributed by atoms with Gasteiger partial charge in [0, 0.05) is 6.54 Å². The summed E-state index contributed by atoms with van der Waals surface area (Å²) in [7, 11) is 0. The Bertz CT molecular complexity index is 909. The number of carbonyl (C=O) groups excluding carboxylic acids is 1. The number of amides is 1. The number of nitrogens with one attached hydrogen (secondary N) is 1. The molecule has 0 saturated heterocycles. The zero-order valence-corrected chi connectivity index (χ0v) is 16.8. The van der Waals surface area contributed by atoms with Crippen LogP contribution in [0, 0.1) is 0 Å². The zero-order valence-electron chi connectivity index (χ0n) is 16.8. The summed E-state index contributed by atoms with van der Waals surface area (Å²) in [4.78, 5) is 12.1. The minimum Gasteiger partial charge on any atom is -0.484 e. The van der Waals surface area contributed by atoms with Crippen LogP contribution in [0.4, 0.5) is 0 Å². The molecule has 29 heavy (non-hydrogen) atoms. The van der Waals surface area contributed by atoms with Gasteiger partial charge < -0.3 is 14.8 Å². The van der Waals surface area contributed by atoms with Crippen molar-refractivity contribution >= 4 is 5.91 Å². The summed E-state index contributed by atoms with van der Waals surface area (Å²) in [5.41, 5.74) is 4.46. The van der Waals surface area contributed by atoms with Crippen molar-refractivity contribution in [1.29, 1.82) is 0 Å². The fourth-order valence-electron chi connectivity index (χ4n) is 2.95. The Hall–Kier alpha value is -3.11. The SMILES string of the molecule is CCc1cccc(OCC(=O)NCc2cccc(COCc3ccccc3)c2)c1. The van der Waals surface area contributed by atoms with Gasteiger partial charge in [-0.1, -0.05) is 73.7 Å². The minimum absolute atomic E-state index is 0.00699. The summed E-state index contributed by atoms with van der Waals surface area (Å²) in [6.07, 6.45) is 0.939. The number of benzene rings is 3. The van der Waals surface area contributed by atoms with Gasteiger partial charge in [-0.25, -0.2) is 0 Å². The van der Waals surface area contributed by atoms with Crippen LogP contribution < -0.4 is 10.1 Å². The lowest BCUT2D eigenvalue weighted by Crippen LogP contribution is -2.28. The Morgan fingerprint density at radius 2 is 1.48 bits per heavy atom. The summed E-state index contributed by atoms with van der Waals surface area (Å²) in [5.74, 6) is 0.578. The molecule has 0 atom stereocenters. The Balaban J connectivity index is 1.41. The first-order valence-corrected chi connectivity index (χ1v) is 9.91. The number of ether oxygens (including phenoxy) is 2. The number of hydrogen-bond donors (Lipinski definition) is 1. The standard InChI is InChI=1S/C25H27NO3/c1-2-20-10-7-13-24(15-20)29-19-25(27)26-16-22-11-6-12-23(14-22)18-28-17-21-8-4-3-5-9-21/h3-15H,2,16-19H2,1H3,(H,26,27). The molecular weight excluding hydrogens is 362 g/mol. The van der Waals surface area contributed by atoms with Gasteiger partial charge in [0.1, 0.15) is 5.75 Å². The second-order valence-corrected chi connectivity index (χ2v) is 6.86. The van der Waals surface area contributed by atoms with Crippen molar-refractivity contribution in [1.82, 2.24) is 5.32 Å². The van der Waals surface area contributed by atoms with Gasteiger partial charge in [0.15, 0.2) is 6.61 Å². The topological polar surface area (TPSA) is 47.6 Å². The van der Waals surface area contributed by atoms with E-state index >= 15 is 0 Å². The molecule has 0 aliphatic rings. The molecular formula is C25H27NO3.